The Balaban J connectivity index is 1.88. The van der Waals surface area contributed by atoms with Crippen LogP contribution in [0.5, 0.6) is 0 Å². The smallest absolute Gasteiger partial charge is 0.260 e. The van der Waals surface area contributed by atoms with Crippen molar-refractivity contribution in [1.82, 2.24) is 0 Å². The van der Waals surface area contributed by atoms with Gasteiger partial charge in [0.2, 0.25) is 0 Å². The summed E-state index contributed by atoms with van der Waals surface area (Å²) in [5.41, 5.74) is 2.43. The fourth-order valence-corrected chi connectivity index (χ4v) is 3.09. The zero-order valence-electron chi connectivity index (χ0n) is 12.4. The second kappa shape index (κ2) is 5.29. The molecule has 1 fully saturated rings. The Morgan fingerprint density at radius 2 is 1.81 bits per heavy atom. The van der Waals surface area contributed by atoms with Crippen LogP contribution in [0.15, 0.2) is 18.2 Å². The van der Waals surface area contributed by atoms with Gasteiger partial charge in [-0.1, -0.05) is 6.07 Å². The van der Waals surface area contributed by atoms with Crippen molar-refractivity contribution in [2.45, 2.75) is 18.3 Å². The maximum Gasteiger partial charge on any atom is 0.260 e. The van der Waals surface area contributed by atoms with E-state index in [0.717, 1.165) is 24.5 Å². The second-order valence-corrected chi connectivity index (χ2v) is 5.50. The number of ether oxygens (including phenoxy) is 2. The number of methoxy groups -OCH3 is 2. The maximum absolute atomic E-state index is 11.8. The number of carbonyl (C=O) groups is 1. The normalized spacial score (nSPS) is 28.4. The number of aliphatic hydroxyl groups is 1. The molecule has 2 aliphatic rings. The van der Waals surface area contributed by atoms with E-state index < -0.39 is 6.10 Å². The van der Waals surface area contributed by atoms with Crippen LogP contribution in [-0.4, -0.2) is 57.6 Å². The molecule has 0 aliphatic carbocycles. The Hall–Kier alpha value is -1.63. The molecule has 0 saturated carbocycles. The van der Waals surface area contributed by atoms with E-state index in [1.54, 1.807) is 21.3 Å². The van der Waals surface area contributed by atoms with Crippen molar-refractivity contribution < 1.29 is 19.4 Å². The van der Waals surface area contributed by atoms with E-state index in [-0.39, 0.29) is 18.1 Å². The molecule has 0 aromatic heterocycles. The van der Waals surface area contributed by atoms with Gasteiger partial charge >= 0.3 is 0 Å². The molecular weight excluding hydrogens is 272 g/mol. The number of benzene rings is 1. The van der Waals surface area contributed by atoms with Gasteiger partial charge in [-0.15, -0.1) is 0 Å². The van der Waals surface area contributed by atoms with E-state index in [1.807, 2.05) is 18.2 Å². The van der Waals surface area contributed by atoms with Gasteiger partial charge in [-0.05, 0) is 12.1 Å². The molecule has 3 atom stereocenters. The van der Waals surface area contributed by atoms with Gasteiger partial charge in [-0.3, -0.25) is 4.79 Å². The quantitative estimate of drug-likeness (QED) is 0.881. The van der Waals surface area contributed by atoms with Crippen molar-refractivity contribution in [3.63, 3.8) is 0 Å². The summed E-state index contributed by atoms with van der Waals surface area (Å²) in [4.78, 5) is 15.5. The molecule has 2 heterocycles. The molecule has 1 saturated heterocycles. The lowest BCUT2D eigenvalue weighted by Gasteiger charge is -2.20. The van der Waals surface area contributed by atoms with Crippen molar-refractivity contribution in [3.8, 4) is 0 Å². The first kappa shape index (κ1) is 14.3. The van der Waals surface area contributed by atoms with Gasteiger partial charge in [0.05, 0.1) is 5.69 Å². The van der Waals surface area contributed by atoms with E-state index in [9.17, 15) is 9.90 Å². The fourth-order valence-electron chi connectivity index (χ4n) is 3.09. The van der Waals surface area contributed by atoms with Crippen molar-refractivity contribution in [2.24, 2.45) is 0 Å². The van der Waals surface area contributed by atoms with Crippen molar-refractivity contribution in [3.05, 3.63) is 23.8 Å². The Morgan fingerprint density at radius 1 is 1.19 bits per heavy atom. The third-order valence-corrected chi connectivity index (χ3v) is 4.42. The number of fused-ring (bicyclic) bond motifs is 1. The van der Waals surface area contributed by atoms with Crippen LogP contribution in [0.3, 0.4) is 0 Å². The minimum Gasteiger partial charge on any atom is -0.378 e. The van der Waals surface area contributed by atoms with Gasteiger partial charge in [0.1, 0.15) is 12.2 Å². The molecule has 2 aliphatic heterocycles. The number of hydrogen-bond donors (Lipinski definition) is 1. The number of hydrogen-bond acceptors (Lipinski definition) is 5. The van der Waals surface area contributed by atoms with E-state index in [4.69, 9.17) is 9.47 Å². The van der Waals surface area contributed by atoms with Crippen LogP contribution in [0, 0.1) is 0 Å². The molecule has 114 valence electrons. The van der Waals surface area contributed by atoms with E-state index in [0.29, 0.717) is 5.56 Å². The Morgan fingerprint density at radius 3 is 2.38 bits per heavy atom. The molecule has 0 bridgehead atoms. The predicted octanol–water partition coefficient (Wildman–Crippen LogP) is 0.546. The largest absolute Gasteiger partial charge is 0.378 e. The van der Waals surface area contributed by atoms with E-state index in [1.165, 1.54) is 4.90 Å². The summed E-state index contributed by atoms with van der Waals surface area (Å²) >= 11 is 0. The Kier molecular flexibility index (Phi) is 3.61. The highest BCUT2D eigenvalue weighted by Gasteiger charge is 2.36. The van der Waals surface area contributed by atoms with Gasteiger partial charge in [0, 0.05) is 45.6 Å². The van der Waals surface area contributed by atoms with Crippen LogP contribution in [0.25, 0.3) is 0 Å². The fraction of sp³-hybridized carbons (Fsp3) is 0.533. The molecule has 0 spiro atoms. The van der Waals surface area contributed by atoms with Gasteiger partial charge in [0.15, 0.2) is 6.10 Å². The summed E-state index contributed by atoms with van der Waals surface area (Å²) in [5, 5.41) is 9.89. The number of nitrogens with zero attached hydrogens (tertiary/aromatic N) is 2. The van der Waals surface area contributed by atoms with Crippen LogP contribution >= 0.6 is 0 Å². The summed E-state index contributed by atoms with van der Waals surface area (Å²) in [6.07, 6.45) is -0.975. The number of amides is 1. The predicted molar refractivity (Wildman–Crippen MR) is 78.6 cm³/mol. The molecule has 1 N–H and O–H groups in total. The molecule has 1 amide bonds. The molecule has 6 nitrogen and oxygen atoms in total. The SMILES string of the molecule is COC1CN(c2ccc3c(c2)N(C)C(=O)C3O)CC1OC. The minimum absolute atomic E-state index is 0.0354. The summed E-state index contributed by atoms with van der Waals surface area (Å²) in [6.45, 7) is 1.49. The van der Waals surface area contributed by atoms with Crippen LogP contribution in [0.4, 0.5) is 11.4 Å². The number of likely N-dealkylation sites (N-methyl/N-ethyl adjacent to an activating group) is 1. The highest BCUT2D eigenvalue weighted by Crippen LogP contribution is 2.38. The van der Waals surface area contributed by atoms with Crippen LogP contribution in [-0.2, 0) is 14.3 Å². The van der Waals surface area contributed by atoms with E-state index >= 15 is 0 Å². The lowest BCUT2D eigenvalue weighted by Crippen LogP contribution is -2.27. The third kappa shape index (κ3) is 2.19. The Bertz CT molecular complexity index is 551. The highest BCUT2D eigenvalue weighted by molar-refractivity contribution is 6.03. The zero-order valence-corrected chi connectivity index (χ0v) is 12.4. The molecule has 1 aromatic rings. The third-order valence-electron chi connectivity index (χ3n) is 4.42. The number of rotatable bonds is 3. The monoisotopic (exact) mass is 292 g/mol. The highest BCUT2D eigenvalue weighted by atomic mass is 16.5. The molecule has 21 heavy (non-hydrogen) atoms. The average molecular weight is 292 g/mol. The summed E-state index contributed by atoms with van der Waals surface area (Å²) in [5.74, 6) is -0.284. The van der Waals surface area contributed by atoms with Gasteiger partial charge in [0.25, 0.3) is 5.91 Å². The molecule has 6 heteroatoms. The van der Waals surface area contributed by atoms with Crippen LogP contribution in [0.1, 0.15) is 11.7 Å². The molecule has 0 radical (unpaired) electrons. The summed E-state index contributed by atoms with van der Waals surface area (Å²) in [7, 11) is 5.05. The average Bonchev–Trinajstić information content (AvgIpc) is 3.03. The molecule has 3 rings (SSSR count). The summed E-state index contributed by atoms with van der Waals surface area (Å²) in [6, 6.07) is 5.69. The van der Waals surface area contributed by atoms with Gasteiger partial charge < -0.3 is 24.4 Å². The number of carbonyl (C=O) groups excluding carboxylic acids is 1. The van der Waals surface area contributed by atoms with Crippen molar-refractivity contribution in [2.75, 3.05) is 44.2 Å². The van der Waals surface area contributed by atoms with Crippen molar-refractivity contribution in [1.29, 1.82) is 0 Å². The van der Waals surface area contributed by atoms with Gasteiger partial charge in [-0.25, -0.2) is 0 Å². The van der Waals surface area contributed by atoms with E-state index in [2.05, 4.69) is 4.90 Å². The molecule has 3 unspecified atom stereocenters. The standard InChI is InChI=1S/C15H20N2O4/c1-16-11-6-9(4-5-10(11)14(18)15(16)19)17-7-12(20-2)13(8-17)21-3/h4-6,12-14,18H,7-8H2,1-3H3. The first-order valence-electron chi connectivity index (χ1n) is 6.97. The van der Waals surface area contributed by atoms with Crippen LogP contribution < -0.4 is 9.80 Å². The Labute approximate surface area is 123 Å². The summed E-state index contributed by atoms with van der Waals surface area (Å²) < 4.78 is 10.9. The first-order chi connectivity index (χ1) is 10.1. The topological polar surface area (TPSA) is 62.2 Å². The maximum atomic E-state index is 11.8. The van der Waals surface area contributed by atoms with Crippen LogP contribution in [0.2, 0.25) is 0 Å². The molecule has 1 aromatic carbocycles. The lowest BCUT2D eigenvalue weighted by atomic mass is 10.1. The number of anilines is 2. The lowest BCUT2D eigenvalue weighted by molar-refractivity contribution is -0.125. The minimum atomic E-state index is -1.05. The first-order valence-corrected chi connectivity index (χ1v) is 6.97. The number of aliphatic hydroxyl groups excluding tert-OH is 1. The van der Waals surface area contributed by atoms with Crippen molar-refractivity contribution >= 4 is 17.3 Å². The zero-order chi connectivity index (χ0) is 15.1. The second-order valence-electron chi connectivity index (χ2n) is 5.50. The van der Waals surface area contributed by atoms with Gasteiger partial charge in [-0.2, -0.15) is 0 Å². The molecular formula is C15H20N2O4.